The van der Waals surface area contributed by atoms with Crippen molar-refractivity contribution in [2.24, 2.45) is 5.73 Å². The van der Waals surface area contributed by atoms with E-state index >= 15 is 0 Å². The molecule has 0 saturated heterocycles. The van der Waals surface area contributed by atoms with E-state index in [1.54, 1.807) is 0 Å². The maximum absolute atomic E-state index is 6.44. The second-order valence-corrected chi connectivity index (χ2v) is 10.8. The molecule has 0 aliphatic heterocycles. The molecule has 0 amide bonds. The Bertz CT molecular complexity index is 514. The van der Waals surface area contributed by atoms with Gasteiger partial charge in [0.05, 0.1) is 14.1 Å². The Morgan fingerprint density at radius 1 is 0.833 bits per heavy atom. The van der Waals surface area contributed by atoms with Crippen LogP contribution in [-0.2, 0) is 0 Å². The first-order valence-corrected chi connectivity index (χ1v) is 9.90. The molecule has 18 heavy (non-hydrogen) atoms. The first-order chi connectivity index (χ1) is 8.50. The molecule has 1 unspecified atom stereocenters. The lowest BCUT2D eigenvalue weighted by Crippen LogP contribution is -2.41. The minimum absolute atomic E-state index is 0.0193. The van der Waals surface area contributed by atoms with Gasteiger partial charge >= 0.3 is 0 Å². The van der Waals surface area contributed by atoms with E-state index in [0.29, 0.717) is 0 Å². The third-order valence-electron chi connectivity index (χ3n) is 3.26. The molecule has 2 heteroatoms. The summed E-state index contributed by atoms with van der Waals surface area (Å²) in [5.41, 5.74) is 8.90. The molecule has 0 aromatic heterocycles. The molecule has 0 aliphatic rings. The van der Waals surface area contributed by atoms with Gasteiger partial charge in [0.25, 0.3) is 0 Å². The van der Waals surface area contributed by atoms with E-state index in [1.165, 1.54) is 16.3 Å². The van der Waals surface area contributed by atoms with Gasteiger partial charge in [0.1, 0.15) is 0 Å². The van der Waals surface area contributed by atoms with E-state index in [1.807, 2.05) is 18.2 Å². The number of hydrogen-bond acceptors (Lipinski definition) is 1. The minimum atomic E-state index is -1.35. The zero-order valence-corrected chi connectivity index (χ0v) is 12.4. The Balaban J connectivity index is 2.46. The summed E-state index contributed by atoms with van der Waals surface area (Å²) in [6, 6.07) is 18.9. The molecule has 2 aromatic rings. The van der Waals surface area contributed by atoms with E-state index in [2.05, 4.69) is 56.0 Å². The molecule has 1 atom stereocenters. The van der Waals surface area contributed by atoms with Crippen LogP contribution in [-0.4, -0.2) is 8.07 Å². The van der Waals surface area contributed by atoms with Crippen molar-refractivity contribution in [3.63, 3.8) is 0 Å². The van der Waals surface area contributed by atoms with Crippen molar-refractivity contribution in [2.45, 2.75) is 25.7 Å². The second kappa shape index (κ2) is 5.08. The molecule has 0 fully saturated rings. The van der Waals surface area contributed by atoms with E-state index in [9.17, 15) is 0 Å². The number of nitrogens with two attached hydrogens (primary N) is 1. The van der Waals surface area contributed by atoms with Gasteiger partial charge in [-0.05, 0) is 11.1 Å². The third-order valence-corrected chi connectivity index (χ3v) is 5.33. The highest BCUT2D eigenvalue weighted by atomic mass is 28.3. The molecule has 0 aliphatic carbocycles. The average Bonchev–Trinajstić information content (AvgIpc) is 2.38. The lowest BCUT2D eigenvalue weighted by molar-refractivity contribution is 0.877. The fourth-order valence-electron chi connectivity index (χ4n) is 2.29. The summed E-state index contributed by atoms with van der Waals surface area (Å²) < 4.78 is 0. The SMILES string of the molecule is C[Si](C)(C)c1ccccc1C(N)c1ccccc1. The van der Waals surface area contributed by atoms with Crippen molar-refractivity contribution in [1.82, 2.24) is 0 Å². The van der Waals surface area contributed by atoms with Gasteiger partial charge in [0.2, 0.25) is 0 Å². The van der Waals surface area contributed by atoms with Gasteiger partial charge in [0.15, 0.2) is 0 Å². The lowest BCUT2D eigenvalue weighted by Gasteiger charge is -2.24. The molecule has 1 nitrogen and oxygen atoms in total. The van der Waals surface area contributed by atoms with E-state index < -0.39 is 8.07 Å². The monoisotopic (exact) mass is 255 g/mol. The summed E-state index contributed by atoms with van der Waals surface area (Å²) >= 11 is 0. The third kappa shape index (κ3) is 2.71. The smallest absolute Gasteiger partial charge is 0.0780 e. The maximum Gasteiger partial charge on any atom is 0.0780 e. The minimum Gasteiger partial charge on any atom is -0.320 e. The average molecular weight is 255 g/mol. The normalized spacial score (nSPS) is 13.3. The standard InChI is InChI=1S/C16H21NSi/c1-18(2,3)15-12-8-7-11-14(15)16(17)13-9-5-4-6-10-13/h4-12,16H,17H2,1-3H3. The summed E-state index contributed by atoms with van der Waals surface area (Å²) in [6.45, 7) is 7.09. The predicted molar refractivity (Wildman–Crippen MR) is 81.9 cm³/mol. The zero-order chi connectivity index (χ0) is 13.2. The molecule has 0 heterocycles. The molecular weight excluding hydrogens is 234 g/mol. The molecule has 2 rings (SSSR count). The fraction of sp³-hybridized carbons (Fsp3) is 0.250. The highest BCUT2D eigenvalue weighted by molar-refractivity contribution is 6.89. The largest absolute Gasteiger partial charge is 0.320 e. The van der Waals surface area contributed by atoms with Crippen molar-refractivity contribution < 1.29 is 0 Å². The van der Waals surface area contributed by atoms with Crippen molar-refractivity contribution in [3.05, 3.63) is 65.7 Å². The van der Waals surface area contributed by atoms with Gasteiger partial charge in [-0.3, -0.25) is 0 Å². The summed E-state index contributed by atoms with van der Waals surface area (Å²) in [7, 11) is -1.35. The van der Waals surface area contributed by atoms with Crippen LogP contribution in [0.4, 0.5) is 0 Å². The molecular formula is C16H21NSi. The van der Waals surface area contributed by atoms with Crippen molar-refractivity contribution in [3.8, 4) is 0 Å². The van der Waals surface area contributed by atoms with E-state index in [4.69, 9.17) is 5.73 Å². The van der Waals surface area contributed by atoms with Crippen LogP contribution < -0.4 is 10.9 Å². The summed E-state index contributed by atoms with van der Waals surface area (Å²) in [5.74, 6) is 0. The topological polar surface area (TPSA) is 26.0 Å². The second-order valence-electron chi connectivity index (χ2n) is 5.73. The molecule has 2 aromatic carbocycles. The highest BCUT2D eigenvalue weighted by Crippen LogP contribution is 2.20. The number of rotatable bonds is 3. The maximum atomic E-state index is 6.44. The van der Waals surface area contributed by atoms with Crippen LogP contribution in [0.25, 0.3) is 0 Å². The van der Waals surface area contributed by atoms with Gasteiger partial charge in [-0.2, -0.15) is 0 Å². The van der Waals surface area contributed by atoms with E-state index in [-0.39, 0.29) is 6.04 Å². The molecule has 0 saturated carbocycles. The van der Waals surface area contributed by atoms with Crippen molar-refractivity contribution in [1.29, 1.82) is 0 Å². The Morgan fingerprint density at radius 3 is 2.00 bits per heavy atom. The Kier molecular flexibility index (Phi) is 3.69. The number of hydrogen-bond donors (Lipinski definition) is 1. The van der Waals surface area contributed by atoms with Gasteiger partial charge in [-0.15, -0.1) is 0 Å². The van der Waals surface area contributed by atoms with Crippen LogP contribution in [0.1, 0.15) is 17.2 Å². The predicted octanol–water partition coefficient (Wildman–Crippen LogP) is 3.28. The first kappa shape index (κ1) is 13.1. The Labute approximate surface area is 111 Å². The van der Waals surface area contributed by atoms with Crippen molar-refractivity contribution >= 4 is 13.3 Å². The molecule has 0 bridgehead atoms. The van der Waals surface area contributed by atoms with Gasteiger partial charge in [-0.25, -0.2) is 0 Å². The van der Waals surface area contributed by atoms with Crippen LogP contribution >= 0.6 is 0 Å². The molecule has 2 N–H and O–H groups in total. The molecule has 94 valence electrons. The summed E-state index contributed by atoms with van der Waals surface area (Å²) in [5, 5.41) is 1.46. The Morgan fingerprint density at radius 2 is 1.39 bits per heavy atom. The van der Waals surface area contributed by atoms with Crippen LogP contribution in [0.5, 0.6) is 0 Å². The van der Waals surface area contributed by atoms with E-state index in [0.717, 1.165) is 0 Å². The van der Waals surface area contributed by atoms with Crippen LogP contribution in [0.15, 0.2) is 54.6 Å². The van der Waals surface area contributed by atoms with Crippen molar-refractivity contribution in [2.75, 3.05) is 0 Å². The van der Waals surface area contributed by atoms with Gasteiger partial charge < -0.3 is 5.73 Å². The lowest BCUT2D eigenvalue weighted by atomic mass is 10.00. The summed E-state index contributed by atoms with van der Waals surface area (Å²) in [6.07, 6.45) is 0. The molecule has 0 radical (unpaired) electrons. The van der Waals surface area contributed by atoms with Gasteiger partial charge in [-0.1, -0.05) is 79.4 Å². The summed E-state index contributed by atoms with van der Waals surface area (Å²) in [4.78, 5) is 0. The van der Waals surface area contributed by atoms with Crippen LogP contribution in [0.3, 0.4) is 0 Å². The zero-order valence-electron chi connectivity index (χ0n) is 11.4. The van der Waals surface area contributed by atoms with Crippen LogP contribution in [0, 0.1) is 0 Å². The number of benzene rings is 2. The Hall–Kier alpha value is -1.38. The van der Waals surface area contributed by atoms with Gasteiger partial charge in [0, 0.05) is 0 Å². The fourth-order valence-corrected chi connectivity index (χ4v) is 3.99. The molecule has 0 spiro atoms. The first-order valence-electron chi connectivity index (χ1n) is 6.40. The highest BCUT2D eigenvalue weighted by Gasteiger charge is 2.22. The quantitative estimate of drug-likeness (QED) is 0.837. The van der Waals surface area contributed by atoms with Crippen LogP contribution in [0.2, 0.25) is 19.6 Å².